The highest BCUT2D eigenvalue weighted by atomic mass is 19.1. The lowest BCUT2D eigenvalue weighted by atomic mass is 10.0. The summed E-state index contributed by atoms with van der Waals surface area (Å²) in [6, 6.07) is 9.41. The summed E-state index contributed by atoms with van der Waals surface area (Å²) in [6.07, 6.45) is 1.95. The van der Waals surface area contributed by atoms with Gasteiger partial charge in [0.2, 0.25) is 0 Å². The SMILES string of the molecule is Cc1cc(Nc2ccc(F)cc2)c(C=N)cc1C=O. The number of nitrogens with one attached hydrogen (secondary N) is 2. The predicted octanol–water partition coefficient (Wildman–Crippen LogP) is 3.69. The van der Waals surface area contributed by atoms with Gasteiger partial charge in [-0.1, -0.05) is 0 Å². The third-order valence-electron chi connectivity index (χ3n) is 2.84. The maximum atomic E-state index is 12.8. The molecule has 0 amide bonds. The Morgan fingerprint density at radius 1 is 1.16 bits per heavy atom. The summed E-state index contributed by atoms with van der Waals surface area (Å²) in [5, 5.41) is 10.5. The molecule has 0 spiro atoms. The lowest BCUT2D eigenvalue weighted by Crippen LogP contribution is -1.99. The van der Waals surface area contributed by atoms with Gasteiger partial charge in [0.05, 0.1) is 0 Å². The Morgan fingerprint density at radius 3 is 2.42 bits per heavy atom. The molecule has 2 rings (SSSR count). The highest BCUT2D eigenvalue weighted by Crippen LogP contribution is 2.23. The summed E-state index contributed by atoms with van der Waals surface area (Å²) in [7, 11) is 0. The van der Waals surface area contributed by atoms with Crippen molar-refractivity contribution in [2.75, 3.05) is 5.32 Å². The van der Waals surface area contributed by atoms with Gasteiger partial charge in [0.25, 0.3) is 0 Å². The van der Waals surface area contributed by atoms with E-state index in [0.717, 1.165) is 17.5 Å². The Kier molecular flexibility index (Phi) is 3.71. The number of aldehydes is 1. The number of hydrogen-bond donors (Lipinski definition) is 2. The lowest BCUT2D eigenvalue weighted by molar-refractivity contribution is 0.112. The molecule has 2 N–H and O–H groups in total. The Hall–Kier alpha value is -2.49. The first-order chi connectivity index (χ1) is 9.13. The fourth-order valence-corrected chi connectivity index (χ4v) is 1.79. The highest BCUT2D eigenvalue weighted by Gasteiger charge is 2.06. The maximum absolute atomic E-state index is 12.8. The lowest BCUT2D eigenvalue weighted by Gasteiger charge is -2.12. The van der Waals surface area contributed by atoms with E-state index in [0.29, 0.717) is 16.8 Å². The van der Waals surface area contributed by atoms with E-state index in [1.807, 2.05) is 6.92 Å². The molecule has 0 heterocycles. The first-order valence-electron chi connectivity index (χ1n) is 5.77. The molecule has 0 saturated carbocycles. The van der Waals surface area contributed by atoms with Gasteiger partial charge in [-0.2, -0.15) is 0 Å². The second-order valence-corrected chi connectivity index (χ2v) is 4.19. The molecule has 3 nitrogen and oxygen atoms in total. The molecule has 96 valence electrons. The Morgan fingerprint density at radius 2 is 1.84 bits per heavy atom. The highest BCUT2D eigenvalue weighted by molar-refractivity contribution is 5.91. The maximum Gasteiger partial charge on any atom is 0.150 e. The molecule has 0 fully saturated rings. The molecular weight excluding hydrogens is 243 g/mol. The number of carbonyl (C=O) groups is 1. The van der Waals surface area contributed by atoms with E-state index in [2.05, 4.69) is 5.32 Å². The van der Waals surface area contributed by atoms with Gasteiger partial charge in [-0.15, -0.1) is 0 Å². The van der Waals surface area contributed by atoms with Crippen molar-refractivity contribution in [2.24, 2.45) is 0 Å². The Balaban J connectivity index is 2.39. The van der Waals surface area contributed by atoms with Gasteiger partial charge in [-0.25, -0.2) is 4.39 Å². The minimum atomic E-state index is -0.301. The van der Waals surface area contributed by atoms with Gasteiger partial charge in [0, 0.05) is 28.7 Å². The standard InChI is InChI=1S/C15H13FN2O/c1-10-6-15(11(8-17)7-12(10)9-19)18-14-4-2-13(16)3-5-14/h2-9,17-18H,1H3. The van der Waals surface area contributed by atoms with E-state index in [-0.39, 0.29) is 5.82 Å². The molecular formula is C15H13FN2O. The number of rotatable bonds is 4. The minimum absolute atomic E-state index is 0.301. The van der Waals surface area contributed by atoms with Crippen LogP contribution in [0.2, 0.25) is 0 Å². The van der Waals surface area contributed by atoms with Crippen LogP contribution in [0.15, 0.2) is 36.4 Å². The Labute approximate surface area is 110 Å². The van der Waals surface area contributed by atoms with E-state index >= 15 is 0 Å². The smallest absolute Gasteiger partial charge is 0.150 e. The molecule has 2 aromatic rings. The molecule has 0 aliphatic heterocycles. The summed E-state index contributed by atoms with van der Waals surface area (Å²) < 4.78 is 12.8. The molecule has 0 aromatic heterocycles. The molecule has 0 aliphatic rings. The third-order valence-corrected chi connectivity index (χ3v) is 2.84. The summed E-state index contributed by atoms with van der Waals surface area (Å²) >= 11 is 0. The van der Waals surface area contributed by atoms with Crippen LogP contribution in [0.1, 0.15) is 21.5 Å². The van der Waals surface area contributed by atoms with Gasteiger partial charge >= 0.3 is 0 Å². The first-order valence-corrected chi connectivity index (χ1v) is 5.77. The topological polar surface area (TPSA) is 53.0 Å². The van der Waals surface area contributed by atoms with E-state index < -0.39 is 0 Å². The quantitative estimate of drug-likeness (QED) is 0.647. The van der Waals surface area contributed by atoms with Crippen LogP contribution in [-0.2, 0) is 0 Å². The molecule has 4 heteroatoms. The van der Waals surface area contributed by atoms with E-state index in [4.69, 9.17) is 5.41 Å². The van der Waals surface area contributed by atoms with Crippen LogP contribution in [0.5, 0.6) is 0 Å². The van der Waals surface area contributed by atoms with E-state index in [1.165, 1.54) is 18.3 Å². The van der Waals surface area contributed by atoms with Crippen molar-refractivity contribution < 1.29 is 9.18 Å². The second kappa shape index (κ2) is 5.44. The van der Waals surface area contributed by atoms with Crippen LogP contribution < -0.4 is 5.32 Å². The summed E-state index contributed by atoms with van der Waals surface area (Å²) in [5.74, 6) is -0.301. The third kappa shape index (κ3) is 2.85. The average molecular weight is 256 g/mol. The molecule has 19 heavy (non-hydrogen) atoms. The van der Waals surface area contributed by atoms with Crippen LogP contribution in [0.4, 0.5) is 15.8 Å². The first kappa shape index (κ1) is 13.0. The van der Waals surface area contributed by atoms with Crippen molar-refractivity contribution in [1.82, 2.24) is 0 Å². The van der Waals surface area contributed by atoms with Crippen LogP contribution in [-0.4, -0.2) is 12.5 Å². The summed E-state index contributed by atoms with van der Waals surface area (Å²) in [4.78, 5) is 10.9. The summed E-state index contributed by atoms with van der Waals surface area (Å²) in [5.41, 5.74) is 3.43. The van der Waals surface area contributed by atoms with Gasteiger partial charge in [0.15, 0.2) is 0 Å². The summed E-state index contributed by atoms with van der Waals surface area (Å²) in [6.45, 7) is 1.83. The zero-order valence-corrected chi connectivity index (χ0v) is 10.4. The number of hydrogen-bond acceptors (Lipinski definition) is 3. The number of benzene rings is 2. The van der Waals surface area contributed by atoms with Crippen molar-refractivity contribution in [3.05, 3.63) is 58.9 Å². The van der Waals surface area contributed by atoms with Crippen LogP contribution in [0, 0.1) is 18.2 Å². The largest absolute Gasteiger partial charge is 0.355 e. The molecule has 0 radical (unpaired) electrons. The fraction of sp³-hybridized carbons (Fsp3) is 0.0667. The van der Waals surface area contributed by atoms with Gasteiger partial charge in [-0.05, 0) is 48.9 Å². The number of halogens is 1. The number of anilines is 2. The van der Waals surface area contributed by atoms with Gasteiger partial charge < -0.3 is 10.7 Å². The minimum Gasteiger partial charge on any atom is -0.355 e. The van der Waals surface area contributed by atoms with Crippen molar-refractivity contribution >= 4 is 23.9 Å². The zero-order valence-electron chi connectivity index (χ0n) is 10.4. The zero-order chi connectivity index (χ0) is 13.8. The van der Waals surface area contributed by atoms with E-state index in [1.54, 1.807) is 24.3 Å². The van der Waals surface area contributed by atoms with Crippen molar-refractivity contribution in [3.8, 4) is 0 Å². The number of aryl methyl sites for hydroxylation is 1. The molecule has 0 saturated heterocycles. The van der Waals surface area contributed by atoms with Crippen molar-refractivity contribution in [3.63, 3.8) is 0 Å². The van der Waals surface area contributed by atoms with Crippen molar-refractivity contribution in [1.29, 1.82) is 5.41 Å². The van der Waals surface area contributed by atoms with Crippen LogP contribution in [0.3, 0.4) is 0 Å². The van der Waals surface area contributed by atoms with Gasteiger partial charge in [-0.3, -0.25) is 4.79 Å². The number of carbonyl (C=O) groups excluding carboxylic acids is 1. The Bertz CT molecular complexity index is 621. The molecule has 0 atom stereocenters. The average Bonchev–Trinajstić information content (AvgIpc) is 2.42. The van der Waals surface area contributed by atoms with E-state index in [9.17, 15) is 9.18 Å². The van der Waals surface area contributed by atoms with Gasteiger partial charge in [0.1, 0.15) is 12.1 Å². The predicted molar refractivity (Wildman–Crippen MR) is 74.1 cm³/mol. The second-order valence-electron chi connectivity index (χ2n) is 4.19. The molecule has 2 aromatic carbocycles. The molecule has 0 aliphatic carbocycles. The fourth-order valence-electron chi connectivity index (χ4n) is 1.79. The van der Waals surface area contributed by atoms with Crippen molar-refractivity contribution in [2.45, 2.75) is 6.92 Å². The van der Waals surface area contributed by atoms with Crippen LogP contribution in [0.25, 0.3) is 0 Å². The molecule has 0 unspecified atom stereocenters. The van der Waals surface area contributed by atoms with Crippen LogP contribution >= 0.6 is 0 Å². The normalized spacial score (nSPS) is 10.0. The monoisotopic (exact) mass is 256 g/mol. The molecule has 0 bridgehead atoms.